The molecule has 28 heavy (non-hydrogen) atoms. The number of nitrogens with one attached hydrogen (secondary N) is 2. The number of amides is 2. The molecule has 2 rings (SSSR count). The normalized spacial score (nSPS) is 10.8. The third-order valence-electron chi connectivity index (χ3n) is 4.06. The Morgan fingerprint density at radius 2 is 1.68 bits per heavy atom. The lowest BCUT2D eigenvalue weighted by Gasteiger charge is -2.12. The van der Waals surface area contributed by atoms with Gasteiger partial charge in [-0.1, -0.05) is 33.8 Å². The van der Waals surface area contributed by atoms with Gasteiger partial charge in [-0.3, -0.25) is 9.59 Å². The topological polar surface area (TPSA) is 67.4 Å². The van der Waals surface area contributed by atoms with Crippen molar-refractivity contribution in [2.45, 2.75) is 34.1 Å². The number of carbonyl (C=O) groups excluding carboxylic acids is 2. The molecule has 0 saturated carbocycles. The second kappa shape index (κ2) is 10.3. The molecule has 0 aliphatic rings. The molecule has 0 bridgehead atoms. The lowest BCUT2D eigenvalue weighted by molar-refractivity contribution is -0.118. The lowest BCUT2D eigenvalue weighted by atomic mass is 10.1. The molecule has 5 nitrogen and oxygen atoms in total. The highest BCUT2D eigenvalue weighted by Crippen LogP contribution is 2.27. The molecule has 0 heterocycles. The highest BCUT2D eigenvalue weighted by atomic mass is 79.9. The molecule has 2 aromatic carbocycles. The zero-order chi connectivity index (χ0) is 20.7. The summed E-state index contributed by atoms with van der Waals surface area (Å²) in [6.45, 7) is 8.59. The molecule has 2 aromatic rings. The average molecular weight is 447 g/mol. The van der Waals surface area contributed by atoms with Crippen LogP contribution in [0.5, 0.6) is 5.75 Å². The minimum absolute atomic E-state index is 0.0690. The van der Waals surface area contributed by atoms with Crippen molar-refractivity contribution in [2.24, 2.45) is 11.8 Å². The summed E-state index contributed by atoms with van der Waals surface area (Å²) in [6.07, 6.45) is 0.971. The van der Waals surface area contributed by atoms with E-state index in [1.807, 2.05) is 13.8 Å². The number of ether oxygens (including phenoxy) is 1. The van der Waals surface area contributed by atoms with Crippen molar-refractivity contribution in [3.63, 3.8) is 0 Å². The number of benzene rings is 2. The Balaban J connectivity index is 2.02. The molecule has 0 saturated heterocycles. The third-order valence-corrected chi connectivity index (χ3v) is 4.68. The molecule has 2 amide bonds. The molecule has 0 aliphatic carbocycles. The quantitative estimate of drug-likeness (QED) is 0.544. The van der Waals surface area contributed by atoms with E-state index in [4.69, 9.17) is 4.74 Å². The van der Waals surface area contributed by atoms with Crippen LogP contribution in [0.2, 0.25) is 0 Å². The van der Waals surface area contributed by atoms with Crippen molar-refractivity contribution in [3.8, 4) is 5.75 Å². The van der Waals surface area contributed by atoms with Crippen LogP contribution >= 0.6 is 15.9 Å². The van der Waals surface area contributed by atoms with Gasteiger partial charge in [-0.25, -0.2) is 0 Å². The van der Waals surface area contributed by atoms with Crippen LogP contribution in [0, 0.1) is 11.8 Å². The number of hydrogen-bond donors (Lipinski definition) is 2. The van der Waals surface area contributed by atoms with Crippen molar-refractivity contribution < 1.29 is 14.3 Å². The largest absolute Gasteiger partial charge is 0.492 e. The van der Waals surface area contributed by atoms with Gasteiger partial charge in [-0.15, -0.1) is 0 Å². The number of hydrogen-bond acceptors (Lipinski definition) is 3. The van der Waals surface area contributed by atoms with E-state index in [0.29, 0.717) is 29.5 Å². The fraction of sp³-hybridized carbons (Fsp3) is 0.364. The maximum atomic E-state index is 12.6. The number of anilines is 2. The summed E-state index contributed by atoms with van der Waals surface area (Å²) in [5.41, 5.74) is 1.77. The first-order valence-electron chi connectivity index (χ1n) is 9.41. The molecule has 0 aliphatic heterocycles. The van der Waals surface area contributed by atoms with Gasteiger partial charge in [0, 0.05) is 22.9 Å². The summed E-state index contributed by atoms with van der Waals surface area (Å²) in [4.78, 5) is 24.4. The van der Waals surface area contributed by atoms with Crippen molar-refractivity contribution in [1.82, 2.24) is 0 Å². The van der Waals surface area contributed by atoms with Gasteiger partial charge in [0.2, 0.25) is 5.91 Å². The smallest absolute Gasteiger partial charge is 0.255 e. The first kappa shape index (κ1) is 22.0. The highest BCUT2D eigenvalue weighted by molar-refractivity contribution is 9.10. The number of carbonyl (C=O) groups is 2. The lowest BCUT2D eigenvalue weighted by Crippen LogP contribution is -2.18. The van der Waals surface area contributed by atoms with Crippen LogP contribution in [0.25, 0.3) is 0 Å². The van der Waals surface area contributed by atoms with E-state index in [-0.39, 0.29) is 17.7 Å². The van der Waals surface area contributed by atoms with Gasteiger partial charge in [-0.2, -0.15) is 0 Å². The van der Waals surface area contributed by atoms with E-state index in [1.165, 1.54) is 0 Å². The maximum Gasteiger partial charge on any atom is 0.255 e. The average Bonchev–Trinajstić information content (AvgIpc) is 2.62. The molecule has 150 valence electrons. The number of halogens is 1. The summed E-state index contributed by atoms with van der Waals surface area (Å²) in [5, 5.41) is 5.68. The van der Waals surface area contributed by atoms with Crippen molar-refractivity contribution in [3.05, 3.63) is 52.5 Å². The van der Waals surface area contributed by atoms with Gasteiger partial charge in [0.15, 0.2) is 0 Å². The van der Waals surface area contributed by atoms with Crippen LogP contribution in [0.1, 0.15) is 44.5 Å². The van der Waals surface area contributed by atoms with E-state index in [9.17, 15) is 9.59 Å². The van der Waals surface area contributed by atoms with Crippen molar-refractivity contribution >= 4 is 39.1 Å². The molecule has 0 unspecified atom stereocenters. The Bertz CT molecular complexity index is 834. The van der Waals surface area contributed by atoms with Crippen LogP contribution in [0.15, 0.2) is 46.9 Å². The van der Waals surface area contributed by atoms with Crippen molar-refractivity contribution in [1.29, 1.82) is 0 Å². The van der Waals surface area contributed by atoms with E-state index >= 15 is 0 Å². The Hall–Kier alpha value is -2.34. The monoisotopic (exact) mass is 446 g/mol. The Labute approximate surface area is 175 Å². The highest BCUT2D eigenvalue weighted by Gasteiger charge is 2.11. The first-order chi connectivity index (χ1) is 13.3. The summed E-state index contributed by atoms with van der Waals surface area (Å²) in [6, 6.07) is 12.3. The minimum Gasteiger partial charge on any atom is -0.492 e. The number of rotatable bonds is 8. The van der Waals surface area contributed by atoms with E-state index in [2.05, 4.69) is 40.4 Å². The molecule has 0 spiro atoms. The SMILES string of the molecule is CC(C)CCOc1ccc(C(=O)Nc2cccc(NC(=O)C(C)C)c2)cc1Br. The van der Waals surface area contributed by atoms with Gasteiger partial charge in [0.1, 0.15) is 5.75 Å². The molecular formula is C22H27BrN2O3. The zero-order valence-corrected chi connectivity index (χ0v) is 18.3. The predicted molar refractivity (Wildman–Crippen MR) is 117 cm³/mol. The van der Waals surface area contributed by atoms with Crippen LogP contribution in [-0.4, -0.2) is 18.4 Å². The Morgan fingerprint density at radius 3 is 2.29 bits per heavy atom. The summed E-state index contributed by atoms with van der Waals surface area (Å²) >= 11 is 3.47. The Kier molecular flexibility index (Phi) is 8.05. The fourth-order valence-electron chi connectivity index (χ4n) is 2.33. The molecule has 6 heteroatoms. The third kappa shape index (κ3) is 6.68. The minimum atomic E-state index is -0.234. The summed E-state index contributed by atoms with van der Waals surface area (Å²) in [7, 11) is 0. The van der Waals surface area contributed by atoms with Crippen LogP contribution in [-0.2, 0) is 4.79 Å². The van der Waals surface area contributed by atoms with Crippen LogP contribution < -0.4 is 15.4 Å². The molecule has 2 N–H and O–H groups in total. The van der Waals surface area contributed by atoms with Gasteiger partial charge in [-0.05, 0) is 64.7 Å². The molecule has 0 aromatic heterocycles. The van der Waals surface area contributed by atoms with Crippen LogP contribution in [0.4, 0.5) is 11.4 Å². The second-order valence-corrected chi connectivity index (χ2v) is 8.21. The molecule has 0 radical (unpaired) electrons. The Morgan fingerprint density at radius 1 is 1.00 bits per heavy atom. The van der Waals surface area contributed by atoms with E-state index in [1.54, 1.807) is 42.5 Å². The van der Waals surface area contributed by atoms with Gasteiger partial charge in [0.25, 0.3) is 5.91 Å². The van der Waals surface area contributed by atoms with Gasteiger partial charge >= 0.3 is 0 Å². The van der Waals surface area contributed by atoms with E-state index in [0.717, 1.165) is 16.6 Å². The fourth-order valence-corrected chi connectivity index (χ4v) is 2.82. The van der Waals surface area contributed by atoms with Crippen LogP contribution in [0.3, 0.4) is 0 Å². The van der Waals surface area contributed by atoms with E-state index < -0.39 is 0 Å². The van der Waals surface area contributed by atoms with Crippen molar-refractivity contribution in [2.75, 3.05) is 17.2 Å². The predicted octanol–water partition coefficient (Wildman–Crippen LogP) is 5.72. The molecule has 0 atom stereocenters. The summed E-state index contributed by atoms with van der Waals surface area (Å²) in [5.74, 6) is 0.875. The maximum absolute atomic E-state index is 12.6. The first-order valence-corrected chi connectivity index (χ1v) is 10.2. The second-order valence-electron chi connectivity index (χ2n) is 7.36. The summed E-state index contributed by atoms with van der Waals surface area (Å²) < 4.78 is 6.49. The molecular weight excluding hydrogens is 420 g/mol. The molecule has 0 fully saturated rings. The van der Waals surface area contributed by atoms with Gasteiger partial charge in [0.05, 0.1) is 11.1 Å². The standard InChI is InChI=1S/C22H27BrN2O3/c1-14(2)10-11-28-20-9-8-16(12-19(20)23)22(27)25-18-7-5-6-17(13-18)24-21(26)15(3)4/h5-9,12-15H,10-11H2,1-4H3,(H,24,26)(H,25,27). The zero-order valence-electron chi connectivity index (χ0n) is 16.7. The van der Waals surface area contributed by atoms with Gasteiger partial charge < -0.3 is 15.4 Å².